The summed E-state index contributed by atoms with van der Waals surface area (Å²) >= 11 is 0. The molecule has 100 valence electrons. The second-order valence-electron chi connectivity index (χ2n) is 4.87. The molecule has 0 bridgehead atoms. The van der Waals surface area contributed by atoms with Gasteiger partial charge in [0.1, 0.15) is 5.82 Å². The predicted octanol–water partition coefficient (Wildman–Crippen LogP) is 3.48. The molecule has 0 amide bonds. The van der Waals surface area contributed by atoms with Crippen molar-refractivity contribution in [3.63, 3.8) is 0 Å². The first kappa shape index (κ1) is 14.6. The second kappa shape index (κ2) is 6.50. The molecule has 0 aliphatic carbocycles. The van der Waals surface area contributed by atoms with Gasteiger partial charge in [0, 0.05) is 0 Å². The van der Waals surface area contributed by atoms with E-state index < -0.39 is 11.8 Å². The summed E-state index contributed by atoms with van der Waals surface area (Å²) in [6.45, 7) is 6.50. The number of halogens is 1. The van der Waals surface area contributed by atoms with Gasteiger partial charge in [-0.1, -0.05) is 19.9 Å². The number of carboxylic acids is 1. The molecule has 1 rings (SSSR count). The number of ether oxygens (including phenoxy) is 1. The predicted molar refractivity (Wildman–Crippen MR) is 67.1 cm³/mol. The van der Waals surface area contributed by atoms with Crippen LogP contribution in [0.3, 0.4) is 0 Å². The lowest BCUT2D eigenvalue weighted by molar-refractivity contribution is 0.0395. The van der Waals surface area contributed by atoms with Crippen molar-refractivity contribution in [2.24, 2.45) is 5.92 Å². The molecule has 0 spiro atoms. The summed E-state index contributed by atoms with van der Waals surface area (Å²) in [5.41, 5.74) is 0.335. The van der Waals surface area contributed by atoms with Gasteiger partial charge in [-0.05, 0) is 37.0 Å². The van der Waals surface area contributed by atoms with E-state index in [1.54, 1.807) is 6.07 Å². The molecule has 4 heteroatoms. The molecule has 0 saturated carbocycles. The first-order valence-electron chi connectivity index (χ1n) is 6.03. The lowest BCUT2D eigenvalue weighted by Crippen LogP contribution is -2.11. The van der Waals surface area contributed by atoms with Gasteiger partial charge in [-0.25, -0.2) is 9.18 Å². The molecular formula is C14H19FO3. The van der Waals surface area contributed by atoms with Crippen molar-refractivity contribution < 1.29 is 19.0 Å². The van der Waals surface area contributed by atoms with E-state index in [2.05, 4.69) is 13.8 Å². The Bertz CT molecular complexity index is 416. The molecule has 1 atom stereocenters. The number of aromatic carboxylic acids is 1. The number of hydrogen-bond acceptors (Lipinski definition) is 2. The van der Waals surface area contributed by atoms with E-state index in [4.69, 9.17) is 9.84 Å². The van der Waals surface area contributed by atoms with Crippen molar-refractivity contribution >= 4 is 5.97 Å². The lowest BCUT2D eigenvalue weighted by atomic mass is 10.1. The van der Waals surface area contributed by atoms with Crippen LogP contribution in [0.5, 0.6) is 0 Å². The third-order valence-corrected chi connectivity index (χ3v) is 2.60. The summed E-state index contributed by atoms with van der Waals surface area (Å²) in [7, 11) is 0. The number of carboxylic acid groups (broad SMARTS) is 1. The molecule has 18 heavy (non-hydrogen) atoms. The van der Waals surface area contributed by atoms with Gasteiger partial charge < -0.3 is 9.84 Å². The summed E-state index contributed by atoms with van der Waals surface area (Å²) < 4.78 is 19.0. The van der Waals surface area contributed by atoms with Crippen LogP contribution in [0.2, 0.25) is 0 Å². The fraction of sp³-hybridized carbons (Fsp3) is 0.500. The standard InChI is InChI=1S/C14H19FO3/c1-9(2)6-10(3)18-8-11-4-5-12(14(16)17)13(15)7-11/h4-5,7,9-10H,6,8H2,1-3H3,(H,16,17). The van der Waals surface area contributed by atoms with Crippen molar-refractivity contribution in [2.75, 3.05) is 0 Å². The molecule has 1 unspecified atom stereocenters. The van der Waals surface area contributed by atoms with E-state index in [1.807, 2.05) is 6.92 Å². The maximum atomic E-state index is 13.4. The van der Waals surface area contributed by atoms with Gasteiger partial charge in [0.2, 0.25) is 0 Å². The maximum absolute atomic E-state index is 13.4. The zero-order valence-corrected chi connectivity index (χ0v) is 10.9. The minimum absolute atomic E-state index is 0.104. The van der Waals surface area contributed by atoms with Crippen molar-refractivity contribution in [2.45, 2.75) is 39.9 Å². The molecule has 1 aromatic carbocycles. The van der Waals surface area contributed by atoms with Gasteiger partial charge in [0.05, 0.1) is 18.3 Å². The van der Waals surface area contributed by atoms with Crippen LogP contribution in [0, 0.1) is 11.7 Å². The topological polar surface area (TPSA) is 46.5 Å². The van der Waals surface area contributed by atoms with E-state index in [0.29, 0.717) is 18.1 Å². The number of hydrogen-bond donors (Lipinski definition) is 1. The molecule has 0 saturated heterocycles. The highest BCUT2D eigenvalue weighted by Gasteiger charge is 2.11. The molecule has 1 aromatic rings. The normalized spacial score (nSPS) is 12.7. The van der Waals surface area contributed by atoms with Crippen LogP contribution in [0.15, 0.2) is 18.2 Å². The van der Waals surface area contributed by atoms with Crippen LogP contribution in [0.1, 0.15) is 43.1 Å². The van der Waals surface area contributed by atoms with Crippen molar-refractivity contribution in [1.82, 2.24) is 0 Å². The molecule has 0 heterocycles. The highest BCUT2D eigenvalue weighted by atomic mass is 19.1. The van der Waals surface area contributed by atoms with Crippen LogP contribution < -0.4 is 0 Å². The highest BCUT2D eigenvalue weighted by Crippen LogP contribution is 2.14. The van der Waals surface area contributed by atoms with Crippen molar-refractivity contribution in [3.05, 3.63) is 35.1 Å². The minimum atomic E-state index is -1.26. The Balaban J connectivity index is 2.58. The monoisotopic (exact) mass is 254 g/mol. The quantitative estimate of drug-likeness (QED) is 0.845. The van der Waals surface area contributed by atoms with E-state index in [-0.39, 0.29) is 11.7 Å². The number of benzene rings is 1. The zero-order chi connectivity index (χ0) is 13.7. The molecule has 0 aliphatic heterocycles. The zero-order valence-electron chi connectivity index (χ0n) is 10.9. The Labute approximate surface area is 107 Å². The third-order valence-electron chi connectivity index (χ3n) is 2.60. The van der Waals surface area contributed by atoms with Crippen LogP contribution in [0.25, 0.3) is 0 Å². The Morgan fingerprint density at radius 3 is 2.56 bits per heavy atom. The molecule has 0 radical (unpaired) electrons. The summed E-state index contributed by atoms with van der Waals surface area (Å²) in [4.78, 5) is 10.6. The van der Waals surface area contributed by atoms with Crippen molar-refractivity contribution in [1.29, 1.82) is 0 Å². The van der Waals surface area contributed by atoms with Crippen LogP contribution >= 0.6 is 0 Å². The van der Waals surface area contributed by atoms with Gasteiger partial charge >= 0.3 is 5.97 Å². The smallest absolute Gasteiger partial charge is 0.338 e. The molecule has 0 fully saturated rings. The SMILES string of the molecule is CC(C)CC(C)OCc1ccc(C(=O)O)c(F)c1. The second-order valence-corrected chi connectivity index (χ2v) is 4.87. The average Bonchev–Trinajstić information content (AvgIpc) is 2.25. The number of rotatable bonds is 6. The maximum Gasteiger partial charge on any atom is 0.338 e. The van der Waals surface area contributed by atoms with Gasteiger partial charge in [-0.15, -0.1) is 0 Å². The van der Waals surface area contributed by atoms with E-state index >= 15 is 0 Å². The van der Waals surface area contributed by atoms with Crippen molar-refractivity contribution in [3.8, 4) is 0 Å². The van der Waals surface area contributed by atoms with E-state index in [1.165, 1.54) is 12.1 Å². The van der Waals surface area contributed by atoms with Gasteiger partial charge in [0.15, 0.2) is 0 Å². The molecule has 0 aromatic heterocycles. The lowest BCUT2D eigenvalue weighted by Gasteiger charge is -2.15. The molecule has 1 N–H and O–H groups in total. The summed E-state index contributed by atoms with van der Waals surface area (Å²) in [6.07, 6.45) is 1.04. The van der Waals surface area contributed by atoms with E-state index in [0.717, 1.165) is 6.42 Å². The molecule has 3 nitrogen and oxygen atoms in total. The fourth-order valence-corrected chi connectivity index (χ4v) is 1.79. The summed E-state index contributed by atoms with van der Waals surface area (Å²) in [5, 5.41) is 8.70. The molecule has 0 aliphatic rings. The Hall–Kier alpha value is -1.42. The van der Waals surface area contributed by atoms with Gasteiger partial charge in [-0.3, -0.25) is 0 Å². The minimum Gasteiger partial charge on any atom is -0.478 e. The van der Waals surface area contributed by atoms with Gasteiger partial charge in [-0.2, -0.15) is 0 Å². The largest absolute Gasteiger partial charge is 0.478 e. The van der Waals surface area contributed by atoms with E-state index in [9.17, 15) is 9.18 Å². The molecular weight excluding hydrogens is 235 g/mol. The Morgan fingerprint density at radius 2 is 2.06 bits per heavy atom. The fourth-order valence-electron chi connectivity index (χ4n) is 1.79. The van der Waals surface area contributed by atoms with Crippen LogP contribution in [-0.2, 0) is 11.3 Å². The number of carbonyl (C=O) groups is 1. The Kier molecular flexibility index (Phi) is 5.28. The first-order valence-corrected chi connectivity index (χ1v) is 6.03. The third kappa shape index (κ3) is 4.45. The van der Waals surface area contributed by atoms with Crippen LogP contribution in [0.4, 0.5) is 4.39 Å². The highest BCUT2D eigenvalue weighted by molar-refractivity contribution is 5.87. The van der Waals surface area contributed by atoms with Crippen LogP contribution in [-0.4, -0.2) is 17.2 Å². The summed E-state index contributed by atoms with van der Waals surface area (Å²) in [5.74, 6) is -1.43. The van der Waals surface area contributed by atoms with Gasteiger partial charge in [0.25, 0.3) is 0 Å². The summed E-state index contributed by atoms with van der Waals surface area (Å²) in [6, 6.07) is 4.06. The average molecular weight is 254 g/mol. The first-order chi connectivity index (χ1) is 8.40. The Morgan fingerprint density at radius 1 is 1.39 bits per heavy atom.